The number of rotatable bonds is 24. The minimum absolute atomic E-state index is 0.00920. The summed E-state index contributed by atoms with van der Waals surface area (Å²) in [6.07, 6.45) is 1.30. The molecule has 0 bridgehead atoms. The van der Waals surface area contributed by atoms with Crippen LogP contribution in [0.2, 0.25) is 0 Å². The van der Waals surface area contributed by atoms with Crippen LogP contribution in [0.4, 0.5) is 23.5 Å². The maximum atomic E-state index is 14.4. The number of ether oxygens (including phenoxy) is 4. The van der Waals surface area contributed by atoms with Crippen molar-refractivity contribution in [3.63, 3.8) is 0 Å². The molecule has 12 rings (SSSR count). The molecule has 0 radical (unpaired) electrons. The average Bonchev–Trinajstić information content (AvgIpc) is 1.59. The molecule has 0 unspecified atom stereocenters. The summed E-state index contributed by atoms with van der Waals surface area (Å²) >= 11 is 0. The number of ketones is 1. The van der Waals surface area contributed by atoms with E-state index in [4.69, 9.17) is 48.9 Å². The van der Waals surface area contributed by atoms with E-state index in [0.29, 0.717) is 121 Å². The molecular formula is C67H80N14O11. The van der Waals surface area contributed by atoms with E-state index in [2.05, 4.69) is 31.1 Å². The molecule has 4 aliphatic rings. The van der Waals surface area contributed by atoms with Crippen molar-refractivity contribution in [1.82, 2.24) is 49.7 Å². The van der Waals surface area contributed by atoms with Gasteiger partial charge in [-0.1, -0.05) is 62.4 Å². The smallest absolute Gasteiger partial charge is 0.229 e. The van der Waals surface area contributed by atoms with Crippen LogP contribution >= 0.6 is 0 Å². The molecule has 4 aromatic carbocycles. The lowest BCUT2D eigenvalue weighted by Crippen LogP contribution is -2.42. The number of benzene rings is 4. The van der Waals surface area contributed by atoms with Crippen LogP contribution < -0.4 is 50.0 Å². The van der Waals surface area contributed by atoms with E-state index in [9.17, 15) is 34.8 Å². The van der Waals surface area contributed by atoms with E-state index in [-0.39, 0.29) is 55.1 Å². The molecule has 8 aromatic rings. The molecule has 8 N–H and O–H groups in total. The van der Waals surface area contributed by atoms with Gasteiger partial charge in [-0.15, -0.1) is 0 Å². The maximum Gasteiger partial charge on any atom is 0.229 e. The Balaban J connectivity index is 0.799. The van der Waals surface area contributed by atoms with Gasteiger partial charge >= 0.3 is 0 Å². The zero-order valence-corrected chi connectivity index (χ0v) is 52.4. The zero-order valence-electron chi connectivity index (χ0n) is 52.4. The molecule has 2 saturated carbocycles. The van der Waals surface area contributed by atoms with Crippen molar-refractivity contribution < 1.29 is 53.8 Å². The second-order valence-corrected chi connectivity index (χ2v) is 24.4. The largest absolute Gasteiger partial charge is 0.497 e. The van der Waals surface area contributed by atoms with Crippen LogP contribution in [0.5, 0.6) is 23.0 Å². The monoisotopic (exact) mass is 1260 g/mol. The predicted octanol–water partition coefficient (Wildman–Crippen LogP) is 6.23. The molecule has 4 aromatic heterocycles. The Kier molecular flexibility index (Phi) is 18.7. The summed E-state index contributed by atoms with van der Waals surface area (Å²) in [5.74, 6) is 4.11. The second kappa shape index (κ2) is 27.3. The van der Waals surface area contributed by atoms with Gasteiger partial charge in [0.25, 0.3) is 0 Å². The van der Waals surface area contributed by atoms with Crippen LogP contribution in [0.1, 0.15) is 112 Å². The van der Waals surface area contributed by atoms with Gasteiger partial charge in [0, 0.05) is 51.9 Å². The Bertz CT molecular complexity index is 3550. The predicted molar refractivity (Wildman–Crippen MR) is 344 cm³/mol. The molecule has 92 heavy (non-hydrogen) atoms. The number of amides is 2. The van der Waals surface area contributed by atoms with E-state index in [1.165, 1.54) is 0 Å². The third-order valence-electron chi connectivity index (χ3n) is 18.7. The third kappa shape index (κ3) is 13.0. The Labute approximate surface area is 532 Å². The Morgan fingerprint density at radius 2 is 0.837 bits per heavy atom. The number of carbonyl (C=O) groups excluding carboxylic acids is 3. The van der Waals surface area contributed by atoms with Gasteiger partial charge in [-0.2, -0.15) is 19.9 Å². The van der Waals surface area contributed by atoms with Crippen molar-refractivity contribution in [2.24, 2.45) is 11.8 Å². The fraction of sp³-hybridized carbons (Fsp3) is 0.448. The van der Waals surface area contributed by atoms with Crippen molar-refractivity contribution >= 4 is 63.5 Å². The lowest BCUT2D eigenvalue weighted by atomic mass is 9.94. The summed E-state index contributed by atoms with van der Waals surface area (Å²) in [7, 11) is 6.48. The number of aliphatic hydroxyl groups excluding tert-OH is 4. The van der Waals surface area contributed by atoms with E-state index >= 15 is 0 Å². The van der Waals surface area contributed by atoms with E-state index in [1.54, 1.807) is 64.1 Å². The number of aromatic nitrogens is 8. The highest BCUT2D eigenvalue weighted by molar-refractivity contribution is 5.87. The quantitative estimate of drug-likeness (QED) is 0.0332. The summed E-state index contributed by atoms with van der Waals surface area (Å²) < 4.78 is 25.6. The van der Waals surface area contributed by atoms with Crippen LogP contribution in [0.25, 0.3) is 22.3 Å². The molecule has 2 aliphatic carbocycles. The first-order chi connectivity index (χ1) is 44.6. The highest BCUT2D eigenvalue weighted by Gasteiger charge is 2.46. The lowest BCUT2D eigenvalue weighted by Gasteiger charge is -2.24. The maximum absolute atomic E-state index is 14.4. The fourth-order valence-electron chi connectivity index (χ4n) is 13.5. The molecule has 484 valence electrons. The van der Waals surface area contributed by atoms with Gasteiger partial charge in [-0.25, -0.2) is 9.97 Å². The number of imidazole rings is 2. The van der Waals surface area contributed by atoms with Crippen molar-refractivity contribution in [2.75, 3.05) is 75.1 Å². The highest BCUT2D eigenvalue weighted by atomic mass is 16.5. The molecule has 2 aliphatic heterocycles. The van der Waals surface area contributed by atoms with Gasteiger partial charge < -0.3 is 79.6 Å². The first kappa shape index (κ1) is 63.0. The van der Waals surface area contributed by atoms with Gasteiger partial charge in [0.05, 0.1) is 77.3 Å². The highest BCUT2D eigenvalue weighted by Crippen LogP contribution is 2.41. The molecule has 2 amide bonds. The topological polar surface area (TPSA) is 311 Å². The summed E-state index contributed by atoms with van der Waals surface area (Å²) in [5, 5.41) is 58.7. The number of carbonyl (C=O) groups is 3. The minimum Gasteiger partial charge on any atom is -0.497 e. The number of hydrogen-bond donors (Lipinski definition) is 8. The second-order valence-electron chi connectivity index (χ2n) is 24.4. The van der Waals surface area contributed by atoms with E-state index in [1.807, 2.05) is 97.1 Å². The zero-order chi connectivity index (χ0) is 64.3. The average molecular weight is 1260 g/mol. The van der Waals surface area contributed by atoms with Gasteiger partial charge in [-0.05, 0) is 108 Å². The van der Waals surface area contributed by atoms with Crippen molar-refractivity contribution in [1.29, 1.82) is 0 Å². The summed E-state index contributed by atoms with van der Waals surface area (Å²) in [6.45, 7) is 5.61. The molecule has 0 spiro atoms. The number of nitrogens with zero attached hydrogens (tertiary/aromatic N) is 10. The standard InChI is InChI=1S/C67H80N14O11/c1-7-52(83)70-48-31-50(60(87)58(48)85)80-35-68-56-62(72-54(39-9-17-44(89-3)18-10-39)40-11-19-45(90-4)20-12-40)74-66(76-64(56)80)78-27-25-37(33-78)29-43(82)30-38-26-28-79(34-38)67-75-63(73-55(41-13-21-46(91-5)22-14-41)42-15-23-47(92-6)24-16-42)57-65(77-67)81(36-69-57)51-32-49(59(86)61(51)88)71-53(84)8-2/h9-24,35-38,48-51,54-55,58-61,85-88H,7-8,25-34H2,1-6H3,(H,70,83)(H,71,84)(H,72,74,76)(H,73,75,77)/t37-,38-,48-,49-,50+,51+,58+,59+,60-,61-/m0/s1. The molecule has 6 heterocycles. The van der Waals surface area contributed by atoms with Crippen molar-refractivity contribution in [3.8, 4) is 23.0 Å². The van der Waals surface area contributed by atoms with E-state index < -0.39 is 60.7 Å². The number of methoxy groups -OCH3 is 4. The molecule has 2 saturated heterocycles. The number of nitrogens with one attached hydrogen (secondary N) is 4. The summed E-state index contributed by atoms with van der Waals surface area (Å²) in [6, 6.07) is 27.4. The molecule has 4 fully saturated rings. The number of aliphatic hydroxyl groups is 4. The lowest BCUT2D eigenvalue weighted by molar-refractivity contribution is -0.123. The Morgan fingerprint density at radius 1 is 0.500 bits per heavy atom. The van der Waals surface area contributed by atoms with Gasteiger partial charge in [0.1, 0.15) is 53.2 Å². The van der Waals surface area contributed by atoms with Crippen LogP contribution in [-0.2, 0) is 14.4 Å². The first-order valence-corrected chi connectivity index (χ1v) is 31.5. The van der Waals surface area contributed by atoms with Crippen LogP contribution in [-0.4, -0.2) is 168 Å². The van der Waals surface area contributed by atoms with Crippen molar-refractivity contribution in [2.45, 2.75) is 126 Å². The summed E-state index contributed by atoms with van der Waals surface area (Å²) in [5.41, 5.74) is 5.38. The van der Waals surface area contributed by atoms with Crippen LogP contribution in [0.15, 0.2) is 110 Å². The minimum atomic E-state index is -1.24. The number of fused-ring (bicyclic) bond motifs is 2. The van der Waals surface area contributed by atoms with Crippen LogP contribution in [0, 0.1) is 11.8 Å². The Hall–Kier alpha value is -9.17. The number of anilines is 4. The number of hydrogen-bond acceptors (Lipinski definition) is 21. The summed E-state index contributed by atoms with van der Waals surface area (Å²) in [4.78, 5) is 74.0. The molecule has 25 nitrogen and oxygen atoms in total. The SMILES string of the molecule is CCC(=O)N[C@H]1C[C@@H](n2cnc3c(NC(c4ccc(OC)cc4)c4ccc(OC)cc4)nc(N4CC[C@@H](CC(=O)C[C@@H]5CCN(c6nc(NC(c7ccc(OC)cc7)c7ccc(OC)cc7)c7ncn([C@@H]8C[C@H](NC(=O)CC)[C@@H](O)[C@H]8O)c7n6)C5)C4)nc32)[C@H](O)[C@@H]1O. The fourth-order valence-corrected chi connectivity index (χ4v) is 13.5. The first-order valence-electron chi connectivity index (χ1n) is 31.5. The molecular weight excluding hydrogens is 1180 g/mol. The van der Waals surface area contributed by atoms with Crippen molar-refractivity contribution in [3.05, 3.63) is 132 Å². The molecule has 25 heteroatoms. The third-order valence-corrected chi connectivity index (χ3v) is 18.7. The van der Waals surface area contributed by atoms with Gasteiger partial charge in [0.15, 0.2) is 34.0 Å². The van der Waals surface area contributed by atoms with Gasteiger partial charge in [-0.3, -0.25) is 14.4 Å². The van der Waals surface area contributed by atoms with Crippen LogP contribution in [0.3, 0.4) is 0 Å². The van der Waals surface area contributed by atoms with E-state index in [0.717, 1.165) is 22.3 Å². The Morgan fingerprint density at radius 3 is 1.15 bits per heavy atom. The molecule has 10 atom stereocenters. The van der Waals surface area contributed by atoms with Gasteiger partial charge in [0.2, 0.25) is 23.7 Å². The number of Topliss-reactive ketones (excluding diaryl/α,β-unsaturated/α-hetero) is 1. The normalized spacial score (nSPS) is 23.0.